The Hall–Kier alpha value is -4.59. The normalized spacial score (nSPS) is 10.6. The molecule has 0 aliphatic rings. The van der Waals surface area contributed by atoms with Gasteiger partial charge in [-0.25, -0.2) is 0 Å². The summed E-state index contributed by atoms with van der Waals surface area (Å²) >= 11 is 0. The van der Waals surface area contributed by atoms with Crippen LogP contribution >= 0.6 is 0 Å². The van der Waals surface area contributed by atoms with Crippen LogP contribution in [0.4, 0.5) is 11.4 Å². The zero-order valence-electron chi connectivity index (χ0n) is 16.6. The van der Waals surface area contributed by atoms with E-state index in [0.717, 1.165) is 11.1 Å². The van der Waals surface area contributed by atoms with Crippen LogP contribution in [-0.4, -0.2) is 15.8 Å². The van der Waals surface area contributed by atoms with E-state index in [9.17, 15) is 25.0 Å². The molecule has 8 nitrogen and oxygen atoms in total. The van der Waals surface area contributed by atoms with Gasteiger partial charge in [0.1, 0.15) is 5.75 Å². The summed E-state index contributed by atoms with van der Waals surface area (Å²) in [5.41, 5.74) is 2.06. The largest absolute Gasteiger partial charge is 0.426 e. The smallest absolute Gasteiger partial charge is 0.315 e. The van der Waals surface area contributed by atoms with Crippen LogP contribution in [0.25, 0.3) is 21.9 Å². The fraction of sp³-hybridized carbons (Fsp3) is 0.0417. The molecule has 0 radical (unpaired) electrons. The number of carbonyl (C=O) groups excluding carboxylic acids is 1. The second-order valence-electron chi connectivity index (χ2n) is 7.08. The lowest BCUT2D eigenvalue weighted by molar-refractivity contribution is -0.385. The molecule has 0 saturated heterocycles. The average molecular weight is 428 g/mol. The van der Waals surface area contributed by atoms with Crippen LogP contribution in [0, 0.1) is 20.2 Å². The topological polar surface area (TPSA) is 113 Å². The Morgan fingerprint density at radius 2 is 1.41 bits per heavy atom. The third kappa shape index (κ3) is 4.44. The fourth-order valence-electron chi connectivity index (χ4n) is 3.37. The van der Waals surface area contributed by atoms with Crippen molar-refractivity contribution < 1.29 is 19.4 Å². The molecule has 4 rings (SSSR count). The third-order valence-corrected chi connectivity index (χ3v) is 4.94. The molecule has 0 amide bonds. The minimum absolute atomic E-state index is 0.0732. The first-order valence-corrected chi connectivity index (χ1v) is 9.62. The molecule has 0 unspecified atom stereocenters. The van der Waals surface area contributed by atoms with Crippen LogP contribution < -0.4 is 4.74 Å². The van der Waals surface area contributed by atoms with Crippen LogP contribution in [0.1, 0.15) is 5.56 Å². The standard InChI is InChI=1S/C24H16N2O6/c27-24(12-16-6-9-20(10-7-16)25(28)29)32-23-14-19(17-4-2-1-3-5-17)13-18-8-11-21(26(30)31)15-22(18)23/h1-11,13-15H,12H2. The predicted molar refractivity (Wildman–Crippen MR) is 118 cm³/mol. The molecule has 0 aliphatic carbocycles. The number of ether oxygens (including phenoxy) is 1. The van der Waals surface area contributed by atoms with Gasteiger partial charge in [-0.15, -0.1) is 0 Å². The second kappa shape index (κ2) is 8.65. The van der Waals surface area contributed by atoms with Gasteiger partial charge < -0.3 is 4.74 Å². The zero-order valence-corrected chi connectivity index (χ0v) is 16.6. The molecule has 32 heavy (non-hydrogen) atoms. The number of fused-ring (bicyclic) bond motifs is 1. The summed E-state index contributed by atoms with van der Waals surface area (Å²) in [6.45, 7) is 0. The molecule has 0 aromatic heterocycles. The van der Waals surface area contributed by atoms with Crippen molar-refractivity contribution in [3.63, 3.8) is 0 Å². The van der Waals surface area contributed by atoms with Crippen LogP contribution in [0.15, 0.2) is 84.9 Å². The van der Waals surface area contributed by atoms with E-state index in [2.05, 4.69) is 0 Å². The van der Waals surface area contributed by atoms with Crippen LogP contribution in [0.2, 0.25) is 0 Å². The maximum absolute atomic E-state index is 12.6. The van der Waals surface area contributed by atoms with Gasteiger partial charge in [-0.2, -0.15) is 0 Å². The van der Waals surface area contributed by atoms with Crippen molar-refractivity contribution in [1.82, 2.24) is 0 Å². The maximum Gasteiger partial charge on any atom is 0.315 e. The van der Waals surface area contributed by atoms with E-state index < -0.39 is 15.8 Å². The highest BCUT2D eigenvalue weighted by Crippen LogP contribution is 2.35. The average Bonchev–Trinajstić information content (AvgIpc) is 2.79. The van der Waals surface area contributed by atoms with E-state index in [1.807, 2.05) is 36.4 Å². The van der Waals surface area contributed by atoms with Crippen LogP contribution in [0.5, 0.6) is 5.75 Å². The highest BCUT2D eigenvalue weighted by atomic mass is 16.6. The first-order chi connectivity index (χ1) is 15.4. The number of benzene rings is 4. The molecule has 0 spiro atoms. The van der Waals surface area contributed by atoms with Gasteiger partial charge >= 0.3 is 5.97 Å². The minimum atomic E-state index is -0.586. The Morgan fingerprint density at radius 1 is 0.750 bits per heavy atom. The number of nitro benzene ring substituents is 2. The van der Waals surface area contributed by atoms with Crippen molar-refractivity contribution in [3.8, 4) is 16.9 Å². The first-order valence-electron chi connectivity index (χ1n) is 9.62. The minimum Gasteiger partial charge on any atom is -0.426 e. The lowest BCUT2D eigenvalue weighted by Crippen LogP contribution is -2.11. The summed E-state index contributed by atoms with van der Waals surface area (Å²) in [6, 6.07) is 23.0. The molecule has 158 valence electrons. The number of non-ortho nitro benzene ring substituents is 2. The molecule has 0 N–H and O–H groups in total. The summed E-state index contributed by atoms with van der Waals surface area (Å²) in [7, 11) is 0. The summed E-state index contributed by atoms with van der Waals surface area (Å²) < 4.78 is 5.61. The summed E-state index contributed by atoms with van der Waals surface area (Å²) in [4.78, 5) is 33.6. The second-order valence-corrected chi connectivity index (χ2v) is 7.08. The first kappa shape index (κ1) is 20.7. The number of nitro groups is 2. The molecule has 0 fully saturated rings. The number of esters is 1. The number of rotatable bonds is 6. The van der Waals surface area contributed by atoms with E-state index in [1.165, 1.54) is 36.4 Å². The summed E-state index contributed by atoms with van der Waals surface area (Å²) in [5.74, 6) is -0.381. The highest BCUT2D eigenvalue weighted by molar-refractivity contribution is 5.95. The van der Waals surface area contributed by atoms with E-state index >= 15 is 0 Å². The van der Waals surface area contributed by atoms with Gasteiger partial charge in [-0.05, 0) is 40.3 Å². The Labute approximate surface area is 182 Å². The van der Waals surface area contributed by atoms with Crippen molar-refractivity contribution in [2.24, 2.45) is 0 Å². The van der Waals surface area contributed by atoms with Gasteiger partial charge in [0, 0.05) is 29.7 Å². The molecular weight excluding hydrogens is 412 g/mol. The molecule has 8 heteroatoms. The molecule has 0 heterocycles. The number of carbonyl (C=O) groups is 1. The molecule has 4 aromatic carbocycles. The van der Waals surface area contributed by atoms with E-state index in [-0.39, 0.29) is 23.5 Å². The molecular formula is C24H16N2O6. The van der Waals surface area contributed by atoms with Crippen molar-refractivity contribution in [2.45, 2.75) is 6.42 Å². The summed E-state index contributed by atoms with van der Waals surface area (Å²) in [5, 5.41) is 23.2. The van der Waals surface area contributed by atoms with E-state index in [4.69, 9.17) is 4.74 Å². The Bertz CT molecular complexity index is 1330. The van der Waals surface area contributed by atoms with Crippen LogP contribution in [0.3, 0.4) is 0 Å². The van der Waals surface area contributed by atoms with E-state index in [1.54, 1.807) is 12.1 Å². The van der Waals surface area contributed by atoms with Crippen LogP contribution in [-0.2, 0) is 11.2 Å². The molecule has 0 bridgehead atoms. The zero-order chi connectivity index (χ0) is 22.7. The van der Waals surface area contributed by atoms with Gasteiger partial charge in [-0.3, -0.25) is 25.0 Å². The monoisotopic (exact) mass is 428 g/mol. The van der Waals surface area contributed by atoms with Gasteiger partial charge in [0.25, 0.3) is 11.4 Å². The third-order valence-electron chi connectivity index (χ3n) is 4.94. The fourth-order valence-corrected chi connectivity index (χ4v) is 3.37. The predicted octanol–water partition coefficient (Wildman–Crippen LogP) is 5.47. The summed E-state index contributed by atoms with van der Waals surface area (Å²) in [6.07, 6.45) is -0.107. The van der Waals surface area contributed by atoms with Gasteiger partial charge in [0.2, 0.25) is 0 Å². The van der Waals surface area contributed by atoms with Crippen molar-refractivity contribution in [3.05, 3.63) is 111 Å². The van der Waals surface area contributed by atoms with Crippen molar-refractivity contribution in [1.29, 1.82) is 0 Å². The Kier molecular flexibility index (Phi) is 5.59. The number of hydrogen-bond donors (Lipinski definition) is 0. The Balaban J connectivity index is 1.70. The molecule has 0 saturated carbocycles. The van der Waals surface area contributed by atoms with Crippen molar-refractivity contribution >= 4 is 28.1 Å². The lowest BCUT2D eigenvalue weighted by atomic mass is 10.00. The molecule has 0 atom stereocenters. The lowest BCUT2D eigenvalue weighted by Gasteiger charge is -2.11. The highest BCUT2D eigenvalue weighted by Gasteiger charge is 2.16. The molecule has 4 aromatic rings. The molecule has 0 aliphatic heterocycles. The quantitative estimate of drug-likeness (QED) is 0.174. The maximum atomic E-state index is 12.6. The van der Waals surface area contributed by atoms with Gasteiger partial charge in [0.15, 0.2) is 0 Å². The number of hydrogen-bond acceptors (Lipinski definition) is 6. The van der Waals surface area contributed by atoms with Crippen molar-refractivity contribution in [2.75, 3.05) is 0 Å². The van der Waals surface area contributed by atoms with Gasteiger partial charge in [0.05, 0.1) is 16.3 Å². The van der Waals surface area contributed by atoms with Gasteiger partial charge in [-0.1, -0.05) is 42.5 Å². The number of nitrogens with zero attached hydrogens (tertiary/aromatic N) is 2. The Morgan fingerprint density at radius 3 is 2.06 bits per heavy atom. The SMILES string of the molecule is O=C(Cc1ccc([N+](=O)[O-])cc1)Oc1cc(-c2ccccc2)cc2ccc([N+](=O)[O-])cc12. The van der Waals surface area contributed by atoms with E-state index in [0.29, 0.717) is 16.3 Å².